The fraction of sp³-hybridized carbons (Fsp3) is 0.150. The molecular weight excluding hydrogens is 338 g/mol. The first-order valence-electron chi connectivity index (χ1n) is 7.86. The summed E-state index contributed by atoms with van der Waals surface area (Å²) in [5.41, 5.74) is 0.508. The lowest BCUT2D eigenvalue weighted by molar-refractivity contribution is -0.122. The molecule has 0 aromatic heterocycles. The molecule has 0 spiro atoms. The average molecular weight is 356 g/mol. The van der Waals surface area contributed by atoms with Gasteiger partial charge in [-0.25, -0.2) is 0 Å². The summed E-state index contributed by atoms with van der Waals surface area (Å²) in [6.07, 6.45) is -0.676. The molecule has 4 nitrogen and oxygen atoms in total. The number of anilines is 1. The van der Waals surface area contributed by atoms with Crippen molar-refractivity contribution in [3.8, 4) is 11.5 Å². The number of carbonyl (C=O) groups excluding carboxylic acids is 1. The Bertz CT molecular complexity index is 910. The number of fused-ring (bicyclic) bond motifs is 1. The standard InChI is InChI=1S/C20H18ClNO3/c1-13(20(23)22-18-12-16(21)8-10-19(18)24-2)25-17-9-7-14-5-3-4-6-15(14)11-17/h3-13H,1-2H3,(H,22,23)/t13-/m1/s1. The molecule has 1 atom stereocenters. The number of methoxy groups -OCH3 is 1. The summed E-state index contributed by atoms with van der Waals surface area (Å²) in [6.45, 7) is 1.70. The van der Waals surface area contributed by atoms with E-state index in [0.29, 0.717) is 22.2 Å². The van der Waals surface area contributed by atoms with Crippen molar-refractivity contribution >= 4 is 34.0 Å². The maximum Gasteiger partial charge on any atom is 0.265 e. The first kappa shape index (κ1) is 17.1. The molecule has 0 saturated heterocycles. The summed E-state index contributed by atoms with van der Waals surface area (Å²) in [6, 6.07) is 18.8. The SMILES string of the molecule is COc1ccc(Cl)cc1NC(=O)[C@@H](C)Oc1ccc2ccccc2c1. The van der Waals surface area contributed by atoms with Crippen molar-refractivity contribution < 1.29 is 14.3 Å². The lowest BCUT2D eigenvalue weighted by atomic mass is 10.1. The smallest absolute Gasteiger partial charge is 0.265 e. The van der Waals surface area contributed by atoms with Gasteiger partial charge in [0.15, 0.2) is 6.10 Å². The van der Waals surface area contributed by atoms with Crippen molar-refractivity contribution in [2.75, 3.05) is 12.4 Å². The first-order valence-corrected chi connectivity index (χ1v) is 8.24. The predicted molar refractivity (Wildman–Crippen MR) is 101 cm³/mol. The van der Waals surface area contributed by atoms with Crippen molar-refractivity contribution in [1.82, 2.24) is 0 Å². The van der Waals surface area contributed by atoms with Gasteiger partial charge in [-0.1, -0.05) is 41.9 Å². The van der Waals surface area contributed by atoms with Crippen molar-refractivity contribution in [3.63, 3.8) is 0 Å². The van der Waals surface area contributed by atoms with Gasteiger partial charge in [-0.3, -0.25) is 4.79 Å². The number of carbonyl (C=O) groups is 1. The van der Waals surface area contributed by atoms with Crippen LogP contribution in [0.1, 0.15) is 6.92 Å². The largest absolute Gasteiger partial charge is 0.495 e. The molecule has 5 heteroatoms. The molecule has 0 aliphatic carbocycles. The molecule has 0 fully saturated rings. The van der Waals surface area contributed by atoms with Crippen molar-refractivity contribution in [2.24, 2.45) is 0 Å². The van der Waals surface area contributed by atoms with Gasteiger partial charge in [0, 0.05) is 5.02 Å². The highest BCUT2D eigenvalue weighted by Crippen LogP contribution is 2.28. The number of benzene rings is 3. The first-order chi connectivity index (χ1) is 12.1. The third-order valence-corrected chi connectivity index (χ3v) is 4.06. The van der Waals surface area contributed by atoms with Crippen LogP contribution >= 0.6 is 11.6 Å². The van der Waals surface area contributed by atoms with E-state index in [1.165, 1.54) is 7.11 Å². The second kappa shape index (κ2) is 7.45. The zero-order valence-electron chi connectivity index (χ0n) is 14.0. The lowest BCUT2D eigenvalue weighted by Gasteiger charge is -2.16. The molecule has 0 bridgehead atoms. The Hall–Kier alpha value is -2.72. The molecule has 3 aromatic carbocycles. The van der Waals surface area contributed by atoms with E-state index in [9.17, 15) is 4.79 Å². The molecule has 1 N–H and O–H groups in total. The zero-order chi connectivity index (χ0) is 17.8. The molecule has 0 radical (unpaired) electrons. The molecule has 128 valence electrons. The normalized spacial score (nSPS) is 11.8. The molecule has 0 aliphatic heterocycles. The van der Waals surface area contributed by atoms with Crippen LogP contribution in [0.3, 0.4) is 0 Å². The van der Waals surface area contributed by atoms with Crippen molar-refractivity contribution in [2.45, 2.75) is 13.0 Å². The molecule has 25 heavy (non-hydrogen) atoms. The third kappa shape index (κ3) is 4.03. The second-order valence-electron chi connectivity index (χ2n) is 5.60. The number of amides is 1. The number of rotatable bonds is 5. The Labute approximate surface area is 151 Å². The van der Waals surface area contributed by atoms with Crippen LogP contribution in [-0.2, 0) is 4.79 Å². The molecule has 0 aliphatic rings. The molecule has 3 aromatic rings. The molecule has 0 unspecified atom stereocenters. The Morgan fingerprint density at radius 1 is 1.04 bits per heavy atom. The van der Waals surface area contributed by atoms with Crippen LogP contribution in [0.5, 0.6) is 11.5 Å². The van der Waals surface area contributed by atoms with Gasteiger partial charge in [-0.05, 0) is 48.0 Å². The van der Waals surface area contributed by atoms with Crippen LogP contribution < -0.4 is 14.8 Å². The summed E-state index contributed by atoms with van der Waals surface area (Å²) in [5, 5.41) is 5.48. The second-order valence-corrected chi connectivity index (χ2v) is 6.04. The molecule has 0 heterocycles. The molecule has 3 rings (SSSR count). The van der Waals surface area contributed by atoms with Crippen LogP contribution in [0.4, 0.5) is 5.69 Å². The molecule has 1 amide bonds. The summed E-state index contributed by atoms with van der Waals surface area (Å²) < 4.78 is 11.0. The fourth-order valence-corrected chi connectivity index (χ4v) is 2.68. The van der Waals surface area contributed by atoms with E-state index in [1.54, 1.807) is 25.1 Å². The number of ether oxygens (including phenoxy) is 2. The minimum absolute atomic E-state index is 0.284. The molecule has 0 saturated carbocycles. The van der Waals surface area contributed by atoms with E-state index in [4.69, 9.17) is 21.1 Å². The van der Waals surface area contributed by atoms with Gasteiger partial charge >= 0.3 is 0 Å². The van der Waals surface area contributed by atoms with Gasteiger partial charge in [0.2, 0.25) is 0 Å². The summed E-state index contributed by atoms with van der Waals surface area (Å²) >= 11 is 5.98. The summed E-state index contributed by atoms with van der Waals surface area (Å²) in [4.78, 5) is 12.4. The number of halogens is 1. The fourth-order valence-electron chi connectivity index (χ4n) is 2.51. The van der Waals surface area contributed by atoms with Crippen molar-refractivity contribution in [1.29, 1.82) is 0 Å². The topological polar surface area (TPSA) is 47.6 Å². The summed E-state index contributed by atoms with van der Waals surface area (Å²) in [7, 11) is 1.54. The van der Waals surface area contributed by atoms with Gasteiger partial charge in [-0.2, -0.15) is 0 Å². The lowest BCUT2D eigenvalue weighted by Crippen LogP contribution is -2.30. The number of hydrogen-bond donors (Lipinski definition) is 1. The summed E-state index contributed by atoms with van der Waals surface area (Å²) in [5.74, 6) is 0.892. The predicted octanol–water partition coefficient (Wildman–Crippen LogP) is 4.91. The van der Waals surface area contributed by atoms with Crippen LogP contribution in [0.2, 0.25) is 5.02 Å². The maximum atomic E-state index is 12.4. The van der Waals surface area contributed by atoms with E-state index in [-0.39, 0.29) is 5.91 Å². The third-order valence-electron chi connectivity index (χ3n) is 3.82. The van der Waals surface area contributed by atoms with E-state index in [2.05, 4.69) is 5.32 Å². The Morgan fingerprint density at radius 3 is 2.56 bits per heavy atom. The van der Waals surface area contributed by atoms with E-state index < -0.39 is 6.10 Å². The van der Waals surface area contributed by atoms with Crippen molar-refractivity contribution in [3.05, 3.63) is 65.7 Å². The van der Waals surface area contributed by atoms with E-state index >= 15 is 0 Å². The zero-order valence-corrected chi connectivity index (χ0v) is 14.7. The van der Waals surface area contributed by atoms with Gasteiger partial charge in [0.05, 0.1) is 12.8 Å². The Morgan fingerprint density at radius 2 is 1.80 bits per heavy atom. The van der Waals surface area contributed by atoms with Gasteiger partial charge in [0.1, 0.15) is 11.5 Å². The molecular formula is C20H18ClNO3. The quantitative estimate of drug-likeness (QED) is 0.707. The van der Waals surface area contributed by atoms with Crippen LogP contribution in [0.15, 0.2) is 60.7 Å². The highest BCUT2D eigenvalue weighted by atomic mass is 35.5. The Balaban J connectivity index is 1.72. The minimum atomic E-state index is -0.676. The van der Waals surface area contributed by atoms with Gasteiger partial charge in [0.25, 0.3) is 5.91 Å². The van der Waals surface area contributed by atoms with Gasteiger partial charge < -0.3 is 14.8 Å². The highest BCUT2D eigenvalue weighted by Gasteiger charge is 2.17. The monoisotopic (exact) mass is 355 g/mol. The van der Waals surface area contributed by atoms with Crippen LogP contribution in [0.25, 0.3) is 10.8 Å². The van der Waals surface area contributed by atoms with Gasteiger partial charge in [-0.15, -0.1) is 0 Å². The number of hydrogen-bond acceptors (Lipinski definition) is 3. The van der Waals surface area contributed by atoms with E-state index in [1.807, 2.05) is 42.5 Å². The highest BCUT2D eigenvalue weighted by molar-refractivity contribution is 6.31. The van der Waals surface area contributed by atoms with E-state index in [0.717, 1.165) is 10.8 Å². The Kier molecular flexibility index (Phi) is 5.10. The van der Waals surface area contributed by atoms with Crippen LogP contribution in [0, 0.1) is 0 Å². The maximum absolute atomic E-state index is 12.4. The minimum Gasteiger partial charge on any atom is -0.495 e. The van der Waals surface area contributed by atoms with Crippen LogP contribution in [-0.4, -0.2) is 19.1 Å². The number of nitrogens with one attached hydrogen (secondary N) is 1. The average Bonchev–Trinajstić information content (AvgIpc) is 2.61.